The van der Waals surface area contributed by atoms with E-state index < -0.39 is 0 Å². The van der Waals surface area contributed by atoms with Gasteiger partial charge in [-0.15, -0.1) is 0 Å². The lowest BCUT2D eigenvalue weighted by Crippen LogP contribution is -2.39. The van der Waals surface area contributed by atoms with Crippen LogP contribution in [0.1, 0.15) is 30.1 Å². The van der Waals surface area contributed by atoms with Gasteiger partial charge >= 0.3 is 0 Å². The number of hydrogen-bond donors (Lipinski definition) is 0. The summed E-state index contributed by atoms with van der Waals surface area (Å²) in [6, 6.07) is 5.52. The fourth-order valence-electron chi connectivity index (χ4n) is 2.19. The minimum Gasteiger partial charge on any atom is -0.338 e. The van der Waals surface area contributed by atoms with Gasteiger partial charge in [-0.2, -0.15) is 0 Å². The highest BCUT2D eigenvalue weighted by Crippen LogP contribution is 2.22. The van der Waals surface area contributed by atoms with Crippen molar-refractivity contribution >= 4 is 40.1 Å². The molecule has 1 saturated heterocycles. The van der Waals surface area contributed by atoms with Gasteiger partial charge in [0.15, 0.2) is 0 Å². The molecular weight excluding hydrogens is 349 g/mol. The molecule has 0 aromatic heterocycles. The summed E-state index contributed by atoms with van der Waals surface area (Å²) in [6.45, 7) is 3.93. The van der Waals surface area contributed by atoms with Gasteiger partial charge in [-0.25, -0.2) is 0 Å². The summed E-state index contributed by atoms with van der Waals surface area (Å²) in [4.78, 5) is 14.2. The van der Waals surface area contributed by atoms with E-state index in [2.05, 4.69) is 29.5 Å². The van der Waals surface area contributed by atoms with Crippen LogP contribution in [0.4, 0.5) is 0 Å². The van der Waals surface area contributed by atoms with E-state index in [0.29, 0.717) is 16.5 Å². The number of piperidine rings is 1. The van der Waals surface area contributed by atoms with Gasteiger partial charge in [0.25, 0.3) is 5.91 Å². The standard InChI is InChI=1S/C13H15ClINO/c1-9-3-2-6-16(8-9)13(17)10-4-5-12(15)11(14)7-10/h4-5,7,9H,2-3,6,8H2,1H3. The summed E-state index contributed by atoms with van der Waals surface area (Å²) in [7, 11) is 0. The van der Waals surface area contributed by atoms with E-state index in [0.717, 1.165) is 23.1 Å². The van der Waals surface area contributed by atoms with Gasteiger partial charge in [-0.3, -0.25) is 4.79 Å². The Labute approximate surface area is 120 Å². The number of carbonyl (C=O) groups excluding carboxylic acids is 1. The third-order valence-corrected chi connectivity index (χ3v) is 4.68. The Balaban J connectivity index is 2.15. The Morgan fingerprint density at radius 1 is 1.53 bits per heavy atom. The second-order valence-electron chi connectivity index (χ2n) is 4.63. The quantitative estimate of drug-likeness (QED) is 0.695. The lowest BCUT2D eigenvalue weighted by atomic mass is 9.99. The fraction of sp³-hybridized carbons (Fsp3) is 0.462. The van der Waals surface area contributed by atoms with Gasteiger partial charge in [-0.1, -0.05) is 18.5 Å². The molecule has 17 heavy (non-hydrogen) atoms. The van der Waals surface area contributed by atoms with Crippen molar-refractivity contribution in [3.8, 4) is 0 Å². The van der Waals surface area contributed by atoms with Crippen LogP contribution in [0.25, 0.3) is 0 Å². The molecule has 1 aliphatic rings. The number of rotatable bonds is 1. The normalized spacial score (nSPS) is 20.4. The third-order valence-electron chi connectivity index (χ3n) is 3.11. The first-order chi connectivity index (χ1) is 8.08. The van der Waals surface area contributed by atoms with Gasteiger partial charge in [0.2, 0.25) is 0 Å². The van der Waals surface area contributed by atoms with Crippen LogP contribution >= 0.6 is 34.2 Å². The molecule has 0 aliphatic carbocycles. The molecule has 0 N–H and O–H groups in total. The topological polar surface area (TPSA) is 20.3 Å². The van der Waals surface area contributed by atoms with E-state index >= 15 is 0 Å². The van der Waals surface area contributed by atoms with Crippen LogP contribution in [0, 0.1) is 9.49 Å². The van der Waals surface area contributed by atoms with E-state index in [4.69, 9.17) is 11.6 Å². The number of halogens is 2. The van der Waals surface area contributed by atoms with Crippen molar-refractivity contribution in [1.29, 1.82) is 0 Å². The molecule has 1 aliphatic heterocycles. The molecule has 0 spiro atoms. The van der Waals surface area contributed by atoms with E-state index in [-0.39, 0.29) is 5.91 Å². The Hall–Kier alpha value is -0.290. The Morgan fingerprint density at radius 2 is 2.29 bits per heavy atom. The number of amides is 1. The lowest BCUT2D eigenvalue weighted by Gasteiger charge is -2.31. The van der Waals surface area contributed by atoms with Crippen LogP contribution in [0.3, 0.4) is 0 Å². The largest absolute Gasteiger partial charge is 0.338 e. The Morgan fingerprint density at radius 3 is 2.94 bits per heavy atom. The first kappa shape index (κ1) is 13.1. The highest BCUT2D eigenvalue weighted by molar-refractivity contribution is 14.1. The van der Waals surface area contributed by atoms with Crippen molar-refractivity contribution in [3.05, 3.63) is 32.4 Å². The van der Waals surface area contributed by atoms with Crippen LogP contribution in [-0.2, 0) is 0 Å². The maximum Gasteiger partial charge on any atom is 0.253 e. The molecule has 92 valence electrons. The third kappa shape index (κ3) is 3.13. The maximum atomic E-state index is 12.3. The zero-order chi connectivity index (χ0) is 12.4. The number of benzene rings is 1. The van der Waals surface area contributed by atoms with Crippen LogP contribution < -0.4 is 0 Å². The number of nitrogens with zero attached hydrogens (tertiary/aromatic N) is 1. The summed E-state index contributed by atoms with van der Waals surface area (Å²) in [5.74, 6) is 0.710. The van der Waals surface area contributed by atoms with Crippen molar-refractivity contribution in [2.24, 2.45) is 5.92 Å². The predicted octanol–water partition coefficient (Wildman–Crippen LogP) is 3.82. The average Bonchev–Trinajstić information content (AvgIpc) is 2.32. The highest BCUT2D eigenvalue weighted by atomic mass is 127. The molecule has 2 nitrogen and oxygen atoms in total. The van der Waals surface area contributed by atoms with Crippen molar-refractivity contribution in [2.45, 2.75) is 19.8 Å². The van der Waals surface area contributed by atoms with Crippen LogP contribution in [0.5, 0.6) is 0 Å². The van der Waals surface area contributed by atoms with Crippen LogP contribution in [0.15, 0.2) is 18.2 Å². The summed E-state index contributed by atoms with van der Waals surface area (Å²) >= 11 is 8.21. The zero-order valence-corrected chi connectivity index (χ0v) is 12.7. The number of likely N-dealkylation sites (tertiary alicyclic amines) is 1. The molecule has 0 radical (unpaired) electrons. The summed E-state index contributed by atoms with van der Waals surface area (Å²) in [5.41, 5.74) is 0.699. The van der Waals surface area contributed by atoms with Gasteiger partial charge < -0.3 is 4.90 Å². The SMILES string of the molecule is CC1CCCN(C(=O)c2ccc(I)c(Cl)c2)C1. The van der Waals surface area contributed by atoms with Crippen molar-refractivity contribution in [2.75, 3.05) is 13.1 Å². The molecule has 0 bridgehead atoms. The number of carbonyl (C=O) groups is 1. The maximum absolute atomic E-state index is 12.3. The predicted molar refractivity (Wildman–Crippen MR) is 78.5 cm³/mol. The van der Waals surface area contributed by atoms with E-state index in [1.54, 1.807) is 6.07 Å². The molecular formula is C13H15ClINO. The van der Waals surface area contributed by atoms with Gasteiger partial charge in [0.05, 0.1) is 5.02 Å². The lowest BCUT2D eigenvalue weighted by molar-refractivity contribution is 0.0683. The smallest absolute Gasteiger partial charge is 0.253 e. The molecule has 4 heteroatoms. The van der Waals surface area contributed by atoms with Crippen molar-refractivity contribution in [1.82, 2.24) is 4.90 Å². The second-order valence-corrected chi connectivity index (χ2v) is 6.20. The van der Waals surface area contributed by atoms with Gasteiger partial charge in [0.1, 0.15) is 0 Å². The molecule has 0 saturated carbocycles. The van der Waals surface area contributed by atoms with Crippen LogP contribution in [-0.4, -0.2) is 23.9 Å². The Kier molecular flexibility index (Phi) is 4.31. The van der Waals surface area contributed by atoms with E-state index in [1.165, 1.54) is 6.42 Å². The Bertz CT molecular complexity index is 435. The first-order valence-electron chi connectivity index (χ1n) is 5.82. The first-order valence-corrected chi connectivity index (χ1v) is 7.28. The summed E-state index contributed by atoms with van der Waals surface area (Å²) < 4.78 is 0.979. The molecule has 1 aromatic carbocycles. The molecule has 1 heterocycles. The molecule has 2 rings (SSSR count). The van der Waals surface area contributed by atoms with Crippen molar-refractivity contribution < 1.29 is 4.79 Å². The molecule has 1 aromatic rings. The fourth-order valence-corrected chi connectivity index (χ4v) is 2.70. The van der Waals surface area contributed by atoms with E-state index in [1.807, 2.05) is 17.0 Å². The minimum atomic E-state index is 0.106. The molecule has 1 amide bonds. The average molecular weight is 364 g/mol. The minimum absolute atomic E-state index is 0.106. The van der Waals surface area contributed by atoms with Gasteiger partial charge in [0, 0.05) is 22.2 Å². The molecule has 1 fully saturated rings. The summed E-state index contributed by atoms with van der Waals surface area (Å²) in [6.07, 6.45) is 2.32. The monoisotopic (exact) mass is 363 g/mol. The summed E-state index contributed by atoms with van der Waals surface area (Å²) in [5, 5.41) is 0.654. The van der Waals surface area contributed by atoms with Crippen molar-refractivity contribution in [3.63, 3.8) is 0 Å². The zero-order valence-electron chi connectivity index (χ0n) is 9.75. The number of hydrogen-bond acceptors (Lipinski definition) is 1. The molecule has 1 atom stereocenters. The van der Waals surface area contributed by atoms with Gasteiger partial charge in [-0.05, 0) is 59.5 Å². The highest BCUT2D eigenvalue weighted by Gasteiger charge is 2.22. The van der Waals surface area contributed by atoms with Crippen LogP contribution in [0.2, 0.25) is 5.02 Å². The molecule has 1 unspecified atom stereocenters. The second kappa shape index (κ2) is 5.57. The van der Waals surface area contributed by atoms with E-state index in [9.17, 15) is 4.79 Å².